The zero-order valence-corrected chi connectivity index (χ0v) is 11.8. The topological polar surface area (TPSA) is 69.6 Å². The first-order valence-corrected chi connectivity index (χ1v) is 6.88. The van der Waals surface area contributed by atoms with Gasteiger partial charge in [0.05, 0.1) is 6.54 Å². The molecule has 1 amide bonds. The molecular formula is C14H17ClN2O3. The Labute approximate surface area is 122 Å². The van der Waals surface area contributed by atoms with Crippen LogP contribution in [-0.4, -0.2) is 48.1 Å². The predicted molar refractivity (Wildman–Crippen MR) is 75.9 cm³/mol. The van der Waals surface area contributed by atoms with Crippen LogP contribution in [0.1, 0.15) is 17.9 Å². The van der Waals surface area contributed by atoms with E-state index in [2.05, 4.69) is 5.32 Å². The summed E-state index contributed by atoms with van der Waals surface area (Å²) in [5, 5.41) is 11.6. The lowest BCUT2D eigenvalue weighted by molar-refractivity contribution is -0.138. The van der Waals surface area contributed by atoms with E-state index in [0.717, 1.165) is 24.5 Å². The molecule has 2 N–H and O–H groups in total. The molecule has 2 rings (SSSR count). The fraction of sp³-hybridized carbons (Fsp3) is 0.429. The molecule has 0 aliphatic carbocycles. The SMILES string of the molecule is O=C(O)CNC(=O)CN1CCC(c2ccc(Cl)cc2)C1. The van der Waals surface area contributed by atoms with Gasteiger partial charge in [0.2, 0.25) is 5.91 Å². The van der Waals surface area contributed by atoms with Crippen LogP contribution in [0, 0.1) is 0 Å². The highest BCUT2D eigenvalue weighted by Gasteiger charge is 2.25. The number of carboxylic acid groups (broad SMARTS) is 1. The first-order valence-electron chi connectivity index (χ1n) is 6.51. The first kappa shape index (κ1) is 14.8. The summed E-state index contributed by atoms with van der Waals surface area (Å²) in [4.78, 5) is 24.0. The van der Waals surface area contributed by atoms with Crippen molar-refractivity contribution in [2.75, 3.05) is 26.2 Å². The fourth-order valence-electron chi connectivity index (χ4n) is 2.42. The van der Waals surface area contributed by atoms with Crippen molar-refractivity contribution in [2.45, 2.75) is 12.3 Å². The number of amides is 1. The Morgan fingerprint density at radius 3 is 2.70 bits per heavy atom. The molecule has 1 aliphatic rings. The third-order valence-corrected chi connectivity index (χ3v) is 3.67. The molecule has 1 aromatic rings. The maximum atomic E-state index is 11.6. The Hall–Kier alpha value is -1.59. The highest BCUT2D eigenvalue weighted by atomic mass is 35.5. The summed E-state index contributed by atoms with van der Waals surface area (Å²) in [5.74, 6) is -0.873. The number of benzene rings is 1. The molecule has 1 fully saturated rings. The predicted octanol–water partition coefficient (Wildman–Crippen LogP) is 1.33. The van der Waals surface area contributed by atoms with Gasteiger partial charge >= 0.3 is 5.97 Å². The average Bonchev–Trinajstić information content (AvgIpc) is 2.85. The molecule has 0 spiro atoms. The summed E-state index contributed by atoms with van der Waals surface area (Å²) in [6, 6.07) is 7.78. The van der Waals surface area contributed by atoms with E-state index in [-0.39, 0.29) is 19.0 Å². The zero-order chi connectivity index (χ0) is 14.5. The van der Waals surface area contributed by atoms with Crippen molar-refractivity contribution in [3.63, 3.8) is 0 Å². The summed E-state index contributed by atoms with van der Waals surface area (Å²) in [6.45, 7) is 1.57. The number of carbonyl (C=O) groups excluding carboxylic acids is 1. The van der Waals surface area contributed by atoms with Crippen LogP contribution in [0.15, 0.2) is 24.3 Å². The van der Waals surface area contributed by atoms with Crippen LogP contribution in [0.25, 0.3) is 0 Å². The van der Waals surface area contributed by atoms with Gasteiger partial charge in [0, 0.05) is 11.6 Å². The second kappa shape index (κ2) is 6.72. The van der Waals surface area contributed by atoms with Gasteiger partial charge in [-0.2, -0.15) is 0 Å². The van der Waals surface area contributed by atoms with Crippen molar-refractivity contribution < 1.29 is 14.7 Å². The Bertz CT molecular complexity index is 490. The van der Waals surface area contributed by atoms with E-state index in [4.69, 9.17) is 16.7 Å². The van der Waals surface area contributed by atoms with Gasteiger partial charge in [-0.1, -0.05) is 23.7 Å². The van der Waals surface area contributed by atoms with Crippen LogP contribution >= 0.6 is 11.6 Å². The van der Waals surface area contributed by atoms with Crippen LogP contribution in [-0.2, 0) is 9.59 Å². The van der Waals surface area contributed by atoms with Gasteiger partial charge < -0.3 is 10.4 Å². The molecule has 1 heterocycles. The second-order valence-electron chi connectivity index (χ2n) is 4.94. The minimum absolute atomic E-state index is 0.246. The minimum atomic E-state index is -1.03. The van der Waals surface area contributed by atoms with Crippen molar-refractivity contribution in [1.82, 2.24) is 10.2 Å². The quantitative estimate of drug-likeness (QED) is 0.860. The van der Waals surface area contributed by atoms with E-state index in [9.17, 15) is 9.59 Å². The molecule has 108 valence electrons. The van der Waals surface area contributed by atoms with Gasteiger partial charge in [0.15, 0.2) is 0 Å². The third kappa shape index (κ3) is 4.21. The molecular weight excluding hydrogens is 280 g/mol. The molecule has 0 aromatic heterocycles. The number of halogens is 1. The Morgan fingerprint density at radius 2 is 2.05 bits per heavy atom. The number of carbonyl (C=O) groups is 2. The first-order chi connectivity index (χ1) is 9.54. The van der Waals surface area contributed by atoms with E-state index in [0.29, 0.717) is 5.92 Å². The Kier molecular flexibility index (Phi) is 4.98. The van der Waals surface area contributed by atoms with Gasteiger partial charge in [0.1, 0.15) is 6.54 Å². The largest absolute Gasteiger partial charge is 0.480 e. The summed E-state index contributed by atoms with van der Waals surface area (Å²) in [7, 11) is 0. The second-order valence-corrected chi connectivity index (χ2v) is 5.38. The normalized spacial score (nSPS) is 18.9. The molecule has 1 aromatic carbocycles. The maximum Gasteiger partial charge on any atom is 0.322 e. The van der Waals surface area contributed by atoms with Crippen LogP contribution in [0.2, 0.25) is 5.02 Å². The van der Waals surface area contributed by atoms with E-state index in [1.54, 1.807) is 0 Å². The molecule has 20 heavy (non-hydrogen) atoms. The average molecular weight is 297 g/mol. The van der Waals surface area contributed by atoms with Crippen LogP contribution in [0.3, 0.4) is 0 Å². The lowest BCUT2D eigenvalue weighted by Gasteiger charge is -2.15. The van der Waals surface area contributed by atoms with Gasteiger partial charge in [-0.25, -0.2) is 0 Å². The minimum Gasteiger partial charge on any atom is -0.480 e. The van der Waals surface area contributed by atoms with E-state index < -0.39 is 5.97 Å². The standard InChI is InChI=1S/C14H17ClN2O3/c15-12-3-1-10(2-4-12)11-5-6-17(8-11)9-13(18)16-7-14(19)20/h1-4,11H,5-9H2,(H,16,18)(H,19,20). The molecule has 1 atom stereocenters. The third-order valence-electron chi connectivity index (χ3n) is 3.42. The van der Waals surface area contributed by atoms with Gasteiger partial charge in [-0.05, 0) is 36.6 Å². The highest BCUT2D eigenvalue weighted by Crippen LogP contribution is 2.27. The number of nitrogens with one attached hydrogen (secondary N) is 1. The molecule has 6 heteroatoms. The molecule has 1 saturated heterocycles. The molecule has 0 radical (unpaired) electrons. The van der Waals surface area contributed by atoms with Gasteiger partial charge in [-0.3, -0.25) is 14.5 Å². The maximum absolute atomic E-state index is 11.6. The summed E-state index contributed by atoms with van der Waals surface area (Å²) in [6.07, 6.45) is 0.994. The fourth-order valence-corrected chi connectivity index (χ4v) is 2.54. The number of aliphatic carboxylic acids is 1. The van der Waals surface area contributed by atoms with Crippen molar-refractivity contribution in [3.05, 3.63) is 34.9 Å². The van der Waals surface area contributed by atoms with Crippen LogP contribution in [0.4, 0.5) is 0 Å². The van der Waals surface area contributed by atoms with Crippen molar-refractivity contribution in [1.29, 1.82) is 0 Å². The van der Waals surface area contributed by atoms with E-state index >= 15 is 0 Å². The number of hydrogen-bond acceptors (Lipinski definition) is 3. The smallest absolute Gasteiger partial charge is 0.322 e. The molecule has 1 aliphatic heterocycles. The molecule has 0 bridgehead atoms. The number of hydrogen-bond donors (Lipinski definition) is 2. The zero-order valence-electron chi connectivity index (χ0n) is 11.0. The van der Waals surface area contributed by atoms with Crippen molar-refractivity contribution >= 4 is 23.5 Å². The van der Waals surface area contributed by atoms with Gasteiger partial charge in [-0.15, -0.1) is 0 Å². The summed E-state index contributed by atoms with van der Waals surface area (Å²) >= 11 is 5.86. The lowest BCUT2D eigenvalue weighted by Crippen LogP contribution is -2.38. The van der Waals surface area contributed by atoms with E-state index in [1.807, 2.05) is 29.2 Å². The number of nitrogens with zero attached hydrogens (tertiary/aromatic N) is 1. The molecule has 0 saturated carbocycles. The van der Waals surface area contributed by atoms with Crippen molar-refractivity contribution in [3.8, 4) is 0 Å². The van der Waals surface area contributed by atoms with Crippen LogP contribution < -0.4 is 5.32 Å². The summed E-state index contributed by atoms with van der Waals surface area (Å²) < 4.78 is 0. The highest BCUT2D eigenvalue weighted by molar-refractivity contribution is 6.30. The Morgan fingerprint density at radius 1 is 1.35 bits per heavy atom. The number of rotatable bonds is 5. The number of likely N-dealkylation sites (tertiary alicyclic amines) is 1. The van der Waals surface area contributed by atoms with Gasteiger partial charge in [0.25, 0.3) is 0 Å². The van der Waals surface area contributed by atoms with Crippen LogP contribution in [0.5, 0.6) is 0 Å². The van der Waals surface area contributed by atoms with Crippen molar-refractivity contribution in [2.24, 2.45) is 0 Å². The Balaban J connectivity index is 1.81. The monoisotopic (exact) mass is 296 g/mol. The van der Waals surface area contributed by atoms with E-state index in [1.165, 1.54) is 5.56 Å². The lowest BCUT2D eigenvalue weighted by atomic mass is 9.99. The number of carboxylic acids is 1. The molecule has 5 nitrogen and oxygen atoms in total. The summed E-state index contributed by atoms with van der Waals surface area (Å²) in [5.41, 5.74) is 1.22. The molecule has 1 unspecified atom stereocenters.